The van der Waals surface area contributed by atoms with Crippen LogP contribution in [-0.4, -0.2) is 42.6 Å². The maximum absolute atomic E-state index is 12.3. The minimum Gasteiger partial charge on any atom is -0.381 e. The average molecular weight is 336 g/mol. The van der Waals surface area contributed by atoms with Crippen molar-refractivity contribution in [3.63, 3.8) is 0 Å². The van der Waals surface area contributed by atoms with Gasteiger partial charge in [0.2, 0.25) is 5.91 Å². The van der Waals surface area contributed by atoms with Crippen LogP contribution in [0.4, 0.5) is 0 Å². The fraction of sp³-hybridized carbons (Fsp3) is 0.529. The summed E-state index contributed by atoms with van der Waals surface area (Å²) in [5.41, 5.74) is 0.198. The lowest BCUT2D eigenvalue weighted by molar-refractivity contribution is -0.124. The van der Waals surface area contributed by atoms with Gasteiger partial charge in [-0.1, -0.05) is 36.7 Å². The average Bonchev–Trinajstić information content (AvgIpc) is 2.57. The second kappa shape index (κ2) is 8.30. The molecule has 0 bridgehead atoms. The number of nitrogens with one attached hydrogen (secondary N) is 1. The fourth-order valence-corrected chi connectivity index (χ4v) is 2.84. The molecule has 1 fully saturated rings. The molecule has 6 heteroatoms. The number of hydrogen-bond acceptors (Lipinski definition) is 4. The molecule has 23 heavy (non-hydrogen) atoms. The summed E-state index contributed by atoms with van der Waals surface area (Å²) in [4.78, 5) is 14.3. The number of ether oxygens (including phenoxy) is 1. The predicted molar refractivity (Wildman–Crippen MR) is 88.9 cm³/mol. The number of carbonyl (C=O) groups is 1. The molecule has 0 atom stereocenters. The largest absolute Gasteiger partial charge is 0.381 e. The molecule has 1 heterocycles. The quantitative estimate of drug-likeness (QED) is 0.866. The third kappa shape index (κ3) is 4.93. The molecule has 1 N–H and O–H groups in total. The Kier molecular flexibility index (Phi) is 6.40. The van der Waals surface area contributed by atoms with Crippen LogP contribution in [0.15, 0.2) is 24.3 Å². The molecule has 2 rings (SSSR count). The van der Waals surface area contributed by atoms with Crippen LogP contribution < -0.4 is 5.32 Å². The lowest BCUT2D eigenvalue weighted by Crippen LogP contribution is -2.53. The summed E-state index contributed by atoms with van der Waals surface area (Å²) in [5.74, 6) is -0.137. The number of hydrogen-bond donors (Lipinski definition) is 1. The number of carbonyl (C=O) groups excluding carboxylic acids is 1. The second-order valence-corrected chi connectivity index (χ2v) is 6.16. The van der Waals surface area contributed by atoms with Crippen LogP contribution in [0.3, 0.4) is 0 Å². The summed E-state index contributed by atoms with van der Waals surface area (Å²) >= 11 is 6.18. The molecule has 5 nitrogen and oxygen atoms in total. The van der Waals surface area contributed by atoms with E-state index in [-0.39, 0.29) is 12.5 Å². The number of nitrogens with zero attached hydrogens (tertiary/aromatic N) is 2. The van der Waals surface area contributed by atoms with E-state index in [1.54, 1.807) is 0 Å². The minimum absolute atomic E-state index is 0.137. The Morgan fingerprint density at radius 3 is 2.74 bits per heavy atom. The molecule has 1 saturated heterocycles. The van der Waals surface area contributed by atoms with Gasteiger partial charge in [-0.3, -0.25) is 9.69 Å². The zero-order valence-corrected chi connectivity index (χ0v) is 14.1. The topological polar surface area (TPSA) is 65.4 Å². The first kappa shape index (κ1) is 17.7. The second-order valence-electron chi connectivity index (χ2n) is 5.75. The van der Waals surface area contributed by atoms with Crippen molar-refractivity contribution in [2.45, 2.75) is 31.8 Å². The van der Waals surface area contributed by atoms with Gasteiger partial charge < -0.3 is 10.1 Å². The van der Waals surface area contributed by atoms with Crippen LogP contribution in [0.2, 0.25) is 5.02 Å². The fourth-order valence-electron chi connectivity index (χ4n) is 2.64. The van der Waals surface area contributed by atoms with Gasteiger partial charge in [0.15, 0.2) is 0 Å². The molecule has 0 spiro atoms. The van der Waals surface area contributed by atoms with E-state index < -0.39 is 5.54 Å². The van der Waals surface area contributed by atoms with Gasteiger partial charge >= 0.3 is 0 Å². The maximum Gasteiger partial charge on any atom is 0.235 e. The zero-order chi connectivity index (χ0) is 16.7. The normalized spacial score (nSPS) is 16.8. The summed E-state index contributed by atoms with van der Waals surface area (Å²) in [5, 5.41) is 13.0. The van der Waals surface area contributed by atoms with E-state index in [1.807, 2.05) is 36.1 Å². The Balaban J connectivity index is 1.94. The van der Waals surface area contributed by atoms with Crippen LogP contribution in [-0.2, 0) is 16.1 Å². The van der Waals surface area contributed by atoms with E-state index in [0.29, 0.717) is 37.6 Å². The van der Waals surface area contributed by atoms with Crippen molar-refractivity contribution in [2.24, 2.45) is 0 Å². The van der Waals surface area contributed by atoms with Gasteiger partial charge in [0.25, 0.3) is 0 Å². The van der Waals surface area contributed by atoms with E-state index in [2.05, 4.69) is 11.4 Å². The monoisotopic (exact) mass is 335 g/mol. The van der Waals surface area contributed by atoms with E-state index in [9.17, 15) is 10.1 Å². The van der Waals surface area contributed by atoms with E-state index in [0.717, 1.165) is 12.1 Å². The predicted octanol–water partition coefficient (Wildman–Crippen LogP) is 2.35. The molecule has 0 saturated carbocycles. The van der Waals surface area contributed by atoms with Crippen LogP contribution in [0.5, 0.6) is 0 Å². The van der Waals surface area contributed by atoms with Crippen molar-refractivity contribution in [1.82, 2.24) is 10.2 Å². The van der Waals surface area contributed by atoms with Crippen molar-refractivity contribution in [1.29, 1.82) is 5.26 Å². The van der Waals surface area contributed by atoms with Crippen molar-refractivity contribution >= 4 is 17.5 Å². The first-order valence-corrected chi connectivity index (χ1v) is 8.22. The summed E-state index contributed by atoms with van der Waals surface area (Å²) in [6.07, 6.45) is 1.07. The van der Waals surface area contributed by atoms with Crippen molar-refractivity contribution < 1.29 is 9.53 Å². The van der Waals surface area contributed by atoms with Crippen LogP contribution in [0.25, 0.3) is 0 Å². The highest BCUT2D eigenvalue weighted by Gasteiger charge is 2.34. The van der Waals surface area contributed by atoms with E-state index in [1.165, 1.54) is 0 Å². The lowest BCUT2D eigenvalue weighted by Gasteiger charge is -2.32. The van der Waals surface area contributed by atoms with Gasteiger partial charge in [-0.25, -0.2) is 0 Å². The van der Waals surface area contributed by atoms with Gasteiger partial charge in [0.1, 0.15) is 5.54 Å². The molecule has 1 aliphatic heterocycles. The molecular formula is C17H22ClN3O2. The zero-order valence-electron chi connectivity index (χ0n) is 13.3. The van der Waals surface area contributed by atoms with Crippen LogP contribution in [0.1, 0.15) is 25.3 Å². The van der Waals surface area contributed by atoms with Crippen LogP contribution >= 0.6 is 11.6 Å². The Labute approximate surface area is 142 Å². The Morgan fingerprint density at radius 2 is 2.13 bits per heavy atom. The highest BCUT2D eigenvalue weighted by Crippen LogP contribution is 2.20. The molecule has 1 aliphatic rings. The maximum atomic E-state index is 12.3. The highest BCUT2D eigenvalue weighted by molar-refractivity contribution is 6.31. The number of rotatable bonds is 6. The van der Waals surface area contributed by atoms with Gasteiger partial charge in [0, 0.05) is 37.6 Å². The van der Waals surface area contributed by atoms with E-state index in [4.69, 9.17) is 16.3 Å². The summed E-state index contributed by atoms with van der Waals surface area (Å²) in [6.45, 7) is 4.58. The SMILES string of the molecule is CCN(CC(=O)NC1(C#N)CCOCC1)Cc1ccccc1Cl. The first-order valence-electron chi connectivity index (χ1n) is 7.84. The van der Waals surface area contributed by atoms with Gasteiger partial charge in [-0.15, -0.1) is 0 Å². The first-order chi connectivity index (χ1) is 11.1. The number of nitriles is 1. The summed E-state index contributed by atoms with van der Waals surface area (Å²) < 4.78 is 5.28. The lowest BCUT2D eigenvalue weighted by atomic mass is 9.92. The number of likely N-dealkylation sites (N-methyl/N-ethyl adjacent to an activating group) is 1. The third-order valence-corrected chi connectivity index (χ3v) is 4.47. The Morgan fingerprint density at radius 1 is 1.43 bits per heavy atom. The molecule has 0 aromatic heterocycles. The molecule has 1 aromatic rings. The molecule has 1 amide bonds. The Bertz CT molecular complexity index is 579. The Hall–Kier alpha value is -1.61. The summed E-state index contributed by atoms with van der Waals surface area (Å²) in [7, 11) is 0. The summed E-state index contributed by atoms with van der Waals surface area (Å²) in [6, 6.07) is 9.87. The smallest absolute Gasteiger partial charge is 0.235 e. The van der Waals surface area contributed by atoms with E-state index >= 15 is 0 Å². The van der Waals surface area contributed by atoms with Gasteiger partial charge in [-0.2, -0.15) is 5.26 Å². The third-order valence-electron chi connectivity index (χ3n) is 4.11. The van der Waals surface area contributed by atoms with Crippen molar-refractivity contribution in [3.8, 4) is 6.07 Å². The standard InChI is InChI=1S/C17H22ClN3O2/c1-2-21(11-14-5-3-4-6-15(14)18)12-16(22)20-17(13-19)7-9-23-10-8-17/h3-6H,2,7-12H2,1H3,(H,20,22). The molecule has 1 aromatic carbocycles. The molecular weight excluding hydrogens is 314 g/mol. The minimum atomic E-state index is -0.793. The molecule has 0 radical (unpaired) electrons. The molecule has 0 aliphatic carbocycles. The number of halogens is 1. The molecule has 0 unspecified atom stereocenters. The molecule has 124 valence electrons. The highest BCUT2D eigenvalue weighted by atomic mass is 35.5. The van der Waals surface area contributed by atoms with Crippen molar-refractivity contribution in [2.75, 3.05) is 26.3 Å². The van der Waals surface area contributed by atoms with Crippen LogP contribution in [0, 0.1) is 11.3 Å². The number of amides is 1. The van der Waals surface area contributed by atoms with Crippen molar-refractivity contribution in [3.05, 3.63) is 34.9 Å². The van der Waals surface area contributed by atoms with Gasteiger partial charge in [0.05, 0.1) is 12.6 Å². The van der Waals surface area contributed by atoms with Gasteiger partial charge in [-0.05, 0) is 18.2 Å². The number of benzene rings is 1.